The van der Waals surface area contributed by atoms with Crippen LogP contribution in [-0.4, -0.2) is 182 Å². The first-order valence-electron chi connectivity index (χ1n) is 39.9. The molecule has 0 spiro atoms. The molecule has 608 valence electrons. The van der Waals surface area contributed by atoms with Gasteiger partial charge in [-0.25, -0.2) is 9.59 Å². The van der Waals surface area contributed by atoms with Crippen LogP contribution in [0.1, 0.15) is 252 Å². The Morgan fingerprint density at radius 2 is 0.870 bits per heavy atom. The van der Waals surface area contributed by atoms with E-state index >= 15 is 0 Å². The van der Waals surface area contributed by atoms with Gasteiger partial charge < -0.3 is 78.8 Å². The maximum atomic E-state index is 14.3. The summed E-state index contributed by atoms with van der Waals surface area (Å²) in [6, 6.07) is 12.2. The lowest BCUT2D eigenvalue weighted by atomic mass is 9.82. The topological polar surface area (TPSA) is 311 Å². The van der Waals surface area contributed by atoms with Gasteiger partial charge in [0.1, 0.15) is 30.3 Å². The summed E-state index contributed by atoms with van der Waals surface area (Å²) in [5.74, 6) is 4.05. The van der Waals surface area contributed by atoms with Crippen molar-refractivity contribution < 1.29 is 96.9 Å². The first kappa shape index (κ1) is 95.7. The average Bonchev–Trinajstić information content (AvgIpc) is 1.04. The van der Waals surface area contributed by atoms with Crippen molar-refractivity contribution >= 4 is 35.3 Å². The zero-order valence-corrected chi connectivity index (χ0v) is 66.8. The van der Waals surface area contributed by atoms with Crippen LogP contribution in [0.2, 0.25) is 0 Å². The third-order valence-electron chi connectivity index (χ3n) is 19.3. The van der Waals surface area contributed by atoms with E-state index in [2.05, 4.69) is 48.2 Å². The number of carbonyl (C=O) groups is 6. The summed E-state index contributed by atoms with van der Waals surface area (Å²) in [6.07, 6.45) is 31.0. The Kier molecular flexibility index (Phi) is 48.7. The van der Waals surface area contributed by atoms with Crippen molar-refractivity contribution in [2.24, 2.45) is 11.8 Å². The second kappa shape index (κ2) is 55.0. The van der Waals surface area contributed by atoms with Crippen molar-refractivity contribution in [1.29, 1.82) is 0 Å². The minimum Gasteiger partial charge on any atom is -0.481 e. The number of Topliss-reactive ketones (excluding diaryl/α,β-unsaturated/α-hetero) is 2. The zero-order chi connectivity index (χ0) is 79.4. The van der Waals surface area contributed by atoms with E-state index in [0.29, 0.717) is 50.8 Å². The van der Waals surface area contributed by atoms with Gasteiger partial charge in [0.25, 0.3) is 0 Å². The van der Waals surface area contributed by atoms with Crippen molar-refractivity contribution in [1.82, 2.24) is 10.6 Å². The van der Waals surface area contributed by atoms with Crippen LogP contribution in [0.15, 0.2) is 72.8 Å². The van der Waals surface area contributed by atoms with Crippen molar-refractivity contribution in [2.75, 3.05) is 80.3 Å². The molecule has 2 heterocycles. The van der Waals surface area contributed by atoms with Crippen LogP contribution in [-0.2, 0) is 74.8 Å². The molecule has 0 aromatic heterocycles. The van der Waals surface area contributed by atoms with Crippen LogP contribution in [0.5, 0.6) is 11.5 Å². The van der Waals surface area contributed by atoms with E-state index in [1.807, 2.05) is 18.2 Å². The van der Waals surface area contributed by atoms with Gasteiger partial charge in [-0.15, -0.1) is 11.8 Å². The van der Waals surface area contributed by atoms with Gasteiger partial charge in [-0.05, 0) is 147 Å². The quantitative estimate of drug-likeness (QED) is 0.0140. The monoisotopic (exact) mass is 1510 g/mol. The van der Waals surface area contributed by atoms with E-state index in [1.54, 1.807) is 83.2 Å². The normalized spacial score (nSPS) is 16.1. The van der Waals surface area contributed by atoms with E-state index < -0.39 is 76.0 Å². The summed E-state index contributed by atoms with van der Waals surface area (Å²) in [4.78, 5) is 80.9. The van der Waals surface area contributed by atoms with Crippen LogP contribution in [0, 0.1) is 35.5 Å². The summed E-state index contributed by atoms with van der Waals surface area (Å²) in [5.41, 5.74) is -4.19. The van der Waals surface area contributed by atoms with E-state index in [4.69, 9.17) is 42.6 Å². The molecule has 22 heteroatoms. The van der Waals surface area contributed by atoms with Crippen LogP contribution >= 0.6 is 0 Å². The van der Waals surface area contributed by atoms with Gasteiger partial charge in [0.05, 0.1) is 50.3 Å². The predicted octanol–water partition coefficient (Wildman–Crippen LogP) is 13.1. The fourth-order valence-corrected chi connectivity index (χ4v) is 13.1. The number of ketones is 2. The zero-order valence-electron chi connectivity index (χ0n) is 66.8. The number of unbranched alkanes of at least 4 members (excludes halogenated alkanes) is 16. The Morgan fingerprint density at radius 1 is 0.519 bits per heavy atom. The highest BCUT2D eigenvalue weighted by molar-refractivity contribution is 5.96. The number of carbonyl (C=O) groups excluding carboxylic acids is 5. The molecular formula is C86H134N2O20. The summed E-state index contributed by atoms with van der Waals surface area (Å²) in [5, 5.41) is 58.0. The average molecular weight is 1520 g/mol. The number of amides is 2. The van der Waals surface area contributed by atoms with E-state index in [1.165, 1.54) is 71.7 Å². The molecule has 0 aliphatic carbocycles. The minimum atomic E-state index is -2.47. The number of carboxylic acids is 1. The Bertz CT molecular complexity index is 3040. The number of esters is 1. The highest BCUT2D eigenvalue weighted by Crippen LogP contribution is 2.35. The Hall–Kier alpha value is -6.54. The number of ether oxygens (including phenoxy) is 9. The number of aliphatic carboxylic acids is 1. The Balaban J connectivity index is 0.000000562. The predicted molar refractivity (Wildman–Crippen MR) is 418 cm³/mol. The lowest BCUT2D eigenvalue weighted by Crippen LogP contribution is -2.56. The number of carboxylic acid groups (broad SMARTS) is 1. The van der Waals surface area contributed by atoms with E-state index in [9.17, 15) is 54.3 Å². The summed E-state index contributed by atoms with van der Waals surface area (Å²) >= 11 is 0. The molecule has 4 rings (SSSR count). The molecule has 0 bridgehead atoms. The number of rotatable bonds is 58. The van der Waals surface area contributed by atoms with Crippen molar-refractivity contribution in [2.45, 2.75) is 294 Å². The molecule has 2 fully saturated rings. The molecule has 108 heavy (non-hydrogen) atoms. The smallest absolute Gasteiger partial charge is 0.339 e. The first-order chi connectivity index (χ1) is 52.0. The largest absolute Gasteiger partial charge is 0.481 e. The fourth-order valence-electron chi connectivity index (χ4n) is 13.1. The molecule has 0 unspecified atom stereocenters. The first-order valence-corrected chi connectivity index (χ1v) is 39.9. The highest BCUT2D eigenvalue weighted by atomic mass is 16.7. The molecule has 6 atom stereocenters. The number of aliphatic hydroxyl groups is 4. The fraction of sp³-hybridized carbons (Fsp3) is 0.698. The second-order valence-corrected chi connectivity index (χ2v) is 29.2. The van der Waals surface area contributed by atoms with Gasteiger partial charge in [-0.2, -0.15) is 0 Å². The third kappa shape index (κ3) is 37.4. The molecule has 0 radical (unpaired) electrons. The number of aliphatic hydroxyl groups excluding tert-OH is 2. The number of methoxy groups -OCH3 is 2. The summed E-state index contributed by atoms with van der Waals surface area (Å²) in [6.45, 7) is 15.5. The van der Waals surface area contributed by atoms with Gasteiger partial charge in [0, 0.05) is 92.0 Å². The molecule has 7 N–H and O–H groups in total. The lowest BCUT2D eigenvalue weighted by molar-refractivity contribution is -0.185. The molecule has 2 aliphatic heterocycles. The van der Waals surface area contributed by atoms with Crippen molar-refractivity contribution in [3.63, 3.8) is 0 Å². The van der Waals surface area contributed by atoms with Gasteiger partial charge in [0.15, 0.2) is 34.3 Å². The molecule has 2 aromatic carbocycles. The van der Waals surface area contributed by atoms with Crippen molar-refractivity contribution in [3.8, 4) is 35.2 Å². The highest BCUT2D eigenvalue weighted by Gasteiger charge is 2.50. The maximum absolute atomic E-state index is 14.3. The minimum absolute atomic E-state index is 0.0157. The van der Waals surface area contributed by atoms with Crippen molar-refractivity contribution in [3.05, 3.63) is 84.0 Å². The second-order valence-electron chi connectivity index (χ2n) is 29.2. The van der Waals surface area contributed by atoms with Crippen LogP contribution in [0.3, 0.4) is 0 Å². The van der Waals surface area contributed by atoms with Crippen LogP contribution in [0.25, 0.3) is 0 Å². The van der Waals surface area contributed by atoms with Gasteiger partial charge in [0.2, 0.25) is 11.8 Å². The van der Waals surface area contributed by atoms with Gasteiger partial charge in [-0.1, -0.05) is 151 Å². The van der Waals surface area contributed by atoms with Crippen LogP contribution in [0.4, 0.5) is 0 Å². The van der Waals surface area contributed by atoms with E-state index in [0.717, 1.165) is 101 Å². The Labute approximate surface area is 645 Å². The van der Waals surface area contributed by atoms with E-state index in [-0.39, 0.29) is 103 Å². The van der Waals surface area contributed by atoms with Gasteiger partial charge >= 0.3 is 11.9 Å². The molecule has 2 amide bonds. The summed E-state index contributed by atoms with van der Waals surface area (Å²) < 4.78 is 51.4. The lowest BCUT2D eigenvalue weighted by Gasteiger charge is -2.35. The molecule has 2 saturated heterocycles. The number of allylic oxidation sites excluding steroid dienone is 2. The number of benzene rings is 2. The Morgan fingerprint density at radius 3 is 1.20 bits per heavy atom. The number of hydrogen-bond donors (Lipinski definition) is 7. The summed E-state index contributed by atoms with van der Waals surface area (Å²) in [7, 11) is 2.83. The molecule has 2 aromatic rings. The molecule has 2 aliphatic rings. The third-order valence-corrected chi connectivity index (χ3v) is 19.3. The molecule has 0 saturated carbocycles. The maximum Gasteiger partial charge on any atom is 0.339 e. The standard InChI is InChI=1S/C45H71NO10.C41H63NO10/c1-7-9-11-15-18-27-44(54-33-34-55-44)28-19-16-13-12-14-17-21-38(45(51,29-32-52-6)42(50)56-43(3,4)5)41(49)46-39(40(48)22-20-30-47)35-36-23-25-37(26-24-36)53-31-10-8-2;1-4-6-8-12-15-24-40(51-30-31-52-40)25-16-13-10-9-11-14-18-35(41(48,39(46)47)26-29-49-3)38(45)42-36(37(44)19-17-27-43)32-33-20-22-34(23-21-33)50-28-7-5-2/h17,21,23-26,38-39,47,51H,7,9,11-16,18-20,22,27-35H2,1-6H3,(H,46,49);14,18,20-23,35-36,43,48H,4,6,8-13,15-17,19,24-32H2,1-3H3,(H,42,45)(H,46,47)/b21-17+;18-14+/t38-,39+,45+;35-,36+,41+/m11/s1. The number of hydrogen-bond acceptors (Lipinski definition) is 19. The molecular weight excluding hydrogens is 1380 g/mol. The molecule has 22 nitrogen and oxygen atoms in total. The van der Waals surface area contributed by atoms with Crippen LogP contribution < -0.4 is 20.1 Å². The van der Waals surface area contributed by atoms with Gasteiger partial charge in [-0.3, -0.25) is 19.2 Å². The number of nitrogens with one attached hydrogen (secondary N) is 2. The SMILES string of the molecule is CC#CCOc1ccc(C[C@H](NC(=O)[C@@H](/C=C/CCCCCCC2(CCCCCCC)OCCO2)[C@@](O)(CCOC)C(=O)O)C(=O)CCCO)cc1.CC#CCOc1ccc(C[C@H](NC(=O)[C@@H](/C=C/CCCCCCC2(CCCCCCC)OCCO2)[C@@](O)(CCOC)C(=O)OC(C)(C)C)C(=O)CCCO)cc1.